The van der Waals surface area contributed by atoms with Crippen molar-refractivity contribution < 1.29 is 17.9 Å². The summed E-state index contributed by atoms with van der Waals surface area (Å²) in [6.07, 6.45) is 2.23. The van der Waals surface area contributed by atoms with E-state index in [0.717, 1.165) is 5.69 Å². The van der Waals surface area contributed by atoms with Gasteiger partial charge in [0.1, 0.15) is 17.6 Å². The maximum atomic E-state index is 12.7. The van der Waals surface area contributed by atoms with Gasteiger partial charge in [0.2, 0.25) is 10.0 Å². The van der Waals surface area contributed by atoms with Crippen LogP contribution in [0.25, 0.3) is 0 Å². The molecule has 0 N–H and O–H groups in total. The Labute approximate surface area is 148 Å². The third-order valence-corrected chi connectivity index (χ3v) is 6.05. The minimum atomic E-state index is -3.39. The summed E-state index contributed by atoms with van der Waals surface area (Å²) in [7, 11) is -1.83. The molecule has 1 aromatic carbocycles. The molecule has 0 bridgehead atoms. The molecular weight excluding hydrogens is 340 g/mol. The summed E-state index contributed by atoms with van der Waals surface area (Å²) < 4.78 is 38.0. The molecule has 0 unspecified atom stereocenters. The number of rotatable bonds is 6. The highest BCUT2D eigenvalue weighted by Crippen LogP contribution is 2.24. The standard InChI is InChI=1S/C18H22N2O4S/c1-14-18(7-4-9-19-14)24-17-8-10-20(12-17)25(21,22)13-15-5-3-6-16(11-15)23-2/h3-7,9,11,17H,8,10,12-13H2,1-2H3/t17-/m0/s1. The van der Waals surface area contributed by atoms with E-state index in [1.807, 2.05) is 19.1 Å². The van der Waals surface area contributed by atoms with E-state index < -0.39 is 10.0 Å². The molecule has 1 aliphatic heterocycles. The number of benzene rings is 1. The predicted octanol–water partition coefficient (Wildman–Crippen LogP) is 2.38. The zero-order valence-corrected chi connectivity index (χ0v) is 15.2. The SMILES string of the molecule is COc1cccc(CS(=O)(=O)N2CC[C@H](Oc3cccnc3C)C2)c1. The third kappa shape index (κ3) is 4.29. The maximum Gasteiger partial charge on any atom is 0.218 e. The number of pyridine rings is 1. The van der Waals surface area contributed by atoms with Crippen LogP contribution in [0.3, 0.4) is 0 Å². The minimum absolute atomic E-state index is 0.0388. The van der Waals surface area contributed by atoms with Crippen LogP contribution in [-0.4, -0.2) is 44.0 Å². The van der Waals surface area contributed by atoms with Gasteiger partial charge in [0.05, 0.1) is 25.1 Å². The number of nitrogens with zero attached hydrogens (tertiary/aromatic N) is 2. The lowest BCUT2D eigenvalue weighted by Gasteiger charge is -2.18. The third-order valence-electron chi connectivity index (χ3n) is 4.24. The Hall–Kier alpha value is -2.12. The number of aromatic nitrogens is 1. The van der Waals surface area contributed by atoms with Gasteiger partial charge in [0.25, 0.3) is 0 Å². The van der Waals surface area contributed by atoms with Crippen LogP contribution in [0.5, 0.6) is 11.5 Å². The summed E-state index contributed by atoms with van der Waals surface area (Å²) in [6.45, 7) is 2.71. The van der Waals surface area contributed by atoms with Gasteiger partial charge in [-0.1, -0.05) is 12.1 Å². The smallest absolute Gasteiger partial charge is 0.218 e. The summed E-state index contributed by atoms with van der Waals surface area (Å²) >= 11 is 0. The Morgan fingerprint density at radius 2 is 2.12 bits per heavy atom. The van der Waals surface area contributed by atoms with Crippen molar-refractivity contribution in [2.45, 2.75) is 25.2 Å². The van der Waals surface area contributed by atoms with E-state index in [0.29, 0.717) is 36.6 Å². The van der Waals surface area contributed by atoms with Crippen LogP contribution < -0.4 is 9.47 Å². The van der Waals surface area contributed by atoms with E-state index in [-0.39, 0.29) is 11.9 Å². The predicted molar refractivity (Wildman–Crippen MR) is 95.2 cm³/mol. The molecule has 1 aromatic heterocycles. The minimum Gasteiger partial charge on any atom is -0.497 e. The van der Waals surface area contributed by atoms with E-state index in [9.17, 15) is 8.42 Å². The number of sulfonamides is 1. The van der Waals surface area contributed by atoms with Crippen molar-refractivity contribution in [2.24, 2.45) is 0 Å². The highest BCUT2D eigenvalue weighted by Gasteiger charge is 2.32. The van der Waals surface area contributed by atoms with Crippen molar-refractivity contribution in [3.63, 3.8) is 0 Å². The fraction of sp³-hybridized carbons (Fsp3) is 0.389. The second-order valence-electron chi connectivity index (χ2n) is 6.08. The number of ether oxygens (including phenoxy) is 2. The maximum absolute atomic E-state index is 12.7. The molecule has 1 fully saturated rings. The molecular formula is C18H22N2O4S. The van der Waals surface area contributed by atoms with Gasteiger partial charge in [-0.15, -0.1) is 0 Å². The Balaban J connectivity index is 1.65. The van der Waals surface area contributed by atoms with E-state index in [2.05, 4.69) is 4.98 Å². The Bertz CT molecular complexity index is 838. The lowest BCUT2D eigenvalue weighted by molar-refractivity contribution is 0.213. The average molecular weight is 362 g/mol. The largest absolute Gasteiger partial charge is 0.497 e. The molecule has 1 atom stereocenters. The number of methoxy groups -OCH3 is 1. The monoisotopic (exact) mass is 362 g/mol. The molecule has 0 saturated carbocycles. The molecule has 0 aliphatic carbocycles. The zero-order chi connectivity index (χ0) is 17.9. The first-order valence-corrected chi connectivity index (χ1v) is 9.78. The van der Waals surface area contributed by atoms with Crippen LogP contribution in [0.15, 0.2) is 42.6 Å². The van der Waals surface area contributed by atoms with E-state index in [1.165, 1.54) is 4.31 Å². The molecule has 3 rings (SSSR count). The van der Waals surface area contributed by atoms with Crippen LogP contribution in [-0.2, 0) is 15.8 Å². The normalized spacial score (nSPS) is 18.2. The van der Waals surface area contributed by atoms with Crippen molar-refractivity contribution >= 4 is 10.0 Å². The van der Waals surface area contributed by atoms with Gasteiger partial charge >= 0.3 is 0 Å². The molecule has 6 nitrogen and oxygen atoms in total. The first kappa shape index (κ1) is 17.7. The van der Waals surface area contributed by atoms with E-state index >= 15 is 0 Å². The summed E-state index contributed by atoms with van der Waals surface area (Å²) in [4.78, 5) is 4.19. The lowest BCUT2D eigenvalue weighted by Crippen LogP contribution is -2.32. The summed E-state index contributed by atoms with van der Waals surface area (Å²) in [5.41, 5.74) is 1.52. The van der Waals surface area contributed by atoms with Crippen molar-refractivity contribution in [3.05, 3.63) is 53.9 Å². The summed E-state index contributed by atoms with van der Waals surface area (Å²) in [6, 6.07) is 10.8. The molecule has 0 amide bonds. The van der Waals surface area contributed by atoms with E-state index in [4.69, 9.17) is 9.47 Å². The Morgan fingerprint density at radius 3 is 2.88 bits per heavy atom. The molecule has 134 valence electrons. The highest BCUT2D eigenvalue weighted by molar-refractivity contribution is 7.88. The fourth-order valence-corrected chi connectivity index (χ4v) is 4.44. The molecule has 2 heterocycles. The molecule has 1 aliphatic rings. The fourth-order valence-electron chi connectivity index (χ4n) is 2.88. The second-order valence-corrected chi connectivity index (χ2v) is 8.05. The second kappa shape index (κ2) is 7.41. The Kier molecular flexibility index (Phi) is 5.24. The van der Waals surface area contributed by atoms with Gasteiger partial charge < -0.3 is 9.47 Å². The lowest BCUT2D eigenvalue weighted by atomic mass is 10.2. The quantitative estimate of drug-likeness (QED) is 0.789. The van der Waals surface area contributed by atoms with Crippen LogP contribution in [0.4, 0.5) is 0 Å². The van der Waals surface area contributed by atoms with Gasteiger partial charge in [-0.25, -0.2) is 8.42 Å². The average Bonchev–Trinajstić information content (AvgIpc) is 3.06. The van der Waals surface area contributed by atoms with Crippen molar-refractivity contribution in [2.75, 3.05) is 20.2 Å². The summed E-state index contributed by atoms with van der Waals surface area (Å²) in [5, 5.41) is 0. The zero-order valence-electron chi connectivity index (χ0n) is 14.4. The number of aryl methyl sites for hydroxylation is 1. The Morgan fingerprint density at radius 1 is 1.28 bits per heavy atom. The number of hydrogen-bond acceptors (Lipinski definition) is 5. The van der Waals surface area contributed by atoms with Crippen molar-refractivity contribution in [1.82, 2.24) is 9.29 Å². The van der Waals surface area contributed by atoms with Crippen molar-refractivity contribution in [1.29, 1.82) is 0 Å². The van der Waals surface area contributed by atoms with Gasteiger partial charge in [0.15, 0.2) is 0 Å². The topological polar surface area (TPSA) is 68.7 Å². The van der Waals surface area contributed by atoms with Crippen LogP contribution in [0.2, 0.25) is 0 Å². The molecule has 1 saturated heterocycles. The highest BCUT2D eigenvalue weighted by atomic mass is 32.2. The van der Waals surface area contributed by atoms with Gasteiger partial charge in [-0.2, -0.15) is 4.31 Å². The van der Waals surface area contributed by atoms with Crippen LogP contribution in [0.1, 0.15) is 17.7 Å². The van der Waals surface area contributed by atoms with E-state index in [1.54, 1.807) is 37.6 Å². The molecule has 0 spiro atoms. The van der Waals surface area contributed by atoms with Gasteiger partial charge in [-0.05, 0) is 43.2 Å². The molecule has 0 radical (unpaired) electrons. The first-order valence-electron chi connectivity index (χ1n) is 8.17. The molecule has 2 aromatic rings. The summed E-state index contributed by atoms with van der Waals surface area (Å²) in [5.74, 6) is 1.32. The number of hydrogen-bond donors (Lipinski definition) is 0. The van der Waals surface area contributed by atoms with Gasteiger partial charge in [0, 0.05) is 12.7 Å². The van der Waals surface area contributed by atoms with Crippen molar-refractivity contribution in [3.8, 4) is 11.5 Å². The first-order chi connectivity index (χ1) is 12.0. The molecule has 25 heavy (non-hydrogen) atoms. The van der Waals surface area contributed by atoms with Crippen LogP contribution >= 0.6 is 0 Å². The molecule has 7 heteroatoms. The van der Waals surface area contributed by atoms with Crippen LogP contribution in [0, 0.1) is 6.92 Å². The van der Waals surface area contributed by atoms with Gasteiger partial charge in [-0.3, -0.25) is 4.98 Å².